The van der Waals surface area contributed by atoms with Gasteiger partial charge in [-0.05, 0) is 37.4 Å². The van der Waals surface area contributed by atoms with Crippen LogP contribution in [0.3, 0.4) is 0 Å². The average molecular weight is 280 g/mol. The van der Waals surface area contributed by atoms with Crippen LogP contribution in [-0.2, 0) is 6.54 Å². The van der Waals surface area contributed by atoms with Gasteiger partial charge in [0, 0.05) is 11.4 Å². The lowest BCUT2D eigenvalue weighted by Gasteiger charge is -2.25. The Kier molecular flexibility index (Phi) is 3.63. The zero-order valence-corrected chi connectivity index (χ0v) is 11.8. The van der Waals surface area contributed by atoms with Gasteiger partial charge in [-0.25, -0.2) is 0 Å². The number of hydrogen-bond donors (Lipinski definition) is 1. The number of aromatic nitrogens is 1. The summed E-state index contributed by atoms with van der Waals surface area (Å²) in [5.41, 5.74) is 1.03. The summed E-state index contributed by atoms with van der Waals surface area (Å²) in [4.78, 5) is 19.5. The van der Waals surface area contributed by atoms with E-state index < -0.39 is 0 Å². The molecular formula is C13H16N2OS2. The molecule has 1 fully saturated rings. The molecule has 5 heteroatoms. The van der Waals surface area contributed by atoms with Gasteiger partial charge in [-0.3, -0.25) is 9.69 Å². The molecule has 1 saturated heterocycles. The van der Waals surface area contributed by atoms with Gasteiger partial charge in [0.15, 0.2) is 0 Å². The van der Waals surface area contributed by atoms with E-state index in [1.807, 2.05) is 6.07 Å². The molecule has 0 saturated carbocycles. The molecule has 18 heavy (non-hydrogen) atoms. The Morgan fingerprint density at radius 1 is 1.28 bits per heavy atom. The summed E-state index contributed by atoms with van der Waals surface area (Å²) >= 11 is 3.04. The number of thiophene rings is 1. The van der Waals surface area contributed by atoms with Gasteiger partial charge in [0.2, 0.25) is 0 Å². The quantitative estimate of drug-likeness (QED) is 0.937. The van der Waals surface area contributed by atoms with E-state index in [4.69, 9.17) is 0 Å². The minimum Gasteiger partial charge on any atom is -0.311 e. The van der Waals surface area contributed by atoms with Crippen molar-refractivity contribution in [3.63, 3.8) is 0 Å². The predicted octanol–water partition coefficient (Wildman–Crippen LogP) is 3.15. The van der Waals surface area contributed by atoms with Crippen LogP contribution in [0.4, 0.5) is 0 Å². The summed E-state index contributed by atoms with van der Waals surface area (Å²) < 4.78 is 0. The van der Waals surface area contributed by atoms with Crippen LogP contribution < -0.4 is 4.87 Å². The highest BCUT2D eigenvalue weighted by Crippen LogP contribution is 2.28. The zero-order valence-electron chi connectivity index (χ0n) is 10.1. The molecule has 0 unspecified atom stereocenters. The van der Waals surface area contributed by atoms with Gasteiger partial charge >= 0.3 is 4.87 Å². The standard InChI is InChI=1S/C13H16N2OS2/c16-13-14-12(10-5-4-8-17-10)11(18-13)9-15-6-2-1-3-7-15/h4-5,8H,1-3,6-7,9H2,(H,14,16). The van der Waals surface area contributed by atoms with Crippen molar-refractivity contribution in [2.75, 3.05) is 13.1 Å². The first-order chi connectivity index (χ1) is 8.83. The Labute approximate surface area is 114 Å². The van der Waals surface area contributed by atoms with E-state index in [0.717, 1.165) is 25.3 Å². The highest BCUT2D eigenvalue weighted by molar-refractivity contribution is 7.14. The maximum Gasteiger partial charge on any atom is 0.305 e. The first kappa shape index (κ1) is 12.1. The van der Waals surface area contributed by atoms with Crippen LogP contribution in [0.5, 0.6) is 0 Å². The molecule has 3 heterocycles. The van der Waals surface area contributed by atoms with Gasteiger partial charge in [-0.1, -0.05) is 23.8 Å². The summed E-state index contributed by atoms with van der Waals surface area (Å²) in [7, 11) is 0. The largest absolute Gasteiger partial charge is 0.311 e. The molecule has 0 bridgehead atoms. The van der Waals surface area contributed by atoms with E-state index in [9.17, 15) is 4.79 Å². The van der Waals surface area contributed by atoms with Crippen LogP contribution in [-0.4, -0.2) is 23.0 Å². The number of aromatic amines is 1. The van der Waals surface area contributed by atoms with Crippen LogP contribution in [0.2, 0.25) is 0 Å². The van der Waals surface area contributed by atoms with Crippen LogP contribution in [0.1, 0.15) is 24.1 Å². The van der Waals surface area contributed by atoms with Gasteiger partial charge in [0.05, 0.1) is 10.6 Å². The normalized spacial score (nSPS) is 17.1. The van der Waals surface area contributed by atoms with E-state index in [0.29, 0.717) is 0 Å². The summed E-state index contributed by atoms with van der Waals surface area (Å²) in [5, 5.41) is 2.05. The molecule has 2 aromatic heterocycles. The van der Waals surface area contributed by atoms with Crippen molar-refractivity contribution in [3.05, 3.63) is 32.1 Å². The highest BCUT2D eigenvalue weighted by Gasteiger charge is 2.16. The number of nitrogens with zero attached hydrogens (tertiary/aromatic N) is 1. The topological polar surface area (TPSA) is 36.1 Å². The SMILES string of the molecule is O=c1[nH]c(-c2cccs2)c(CN2CCCCC2)s1. The van der Waals surface area contributed by atoms with Crippen LogP contribution in [0.25, 0.3) is 10.6 Å². The van der Waals surface area contributed by atoms with Gasteiger partial charge in [0.1, 0.15) is 0 Å². The van der Waals surface area contributed by atoms with E-state index in [1.54, 1.807) is 11.3 Å². The number of likely N-dealkylation sites (tertiary alicyclic amines) is 1. The average Bonchev–Trinajstić information content (AvgIpc) is 3.00. The first-order valence-electron chi connectivity index (χ1n) is 6.31. The van der Waals surface area contributed by atoms with Crippen molar-refractivity contribution in [2.24, 2.45) is 0 Å². The van der Waals surface area contributed by atoms with Crippen LogP contribution >= 0.6 is 22.7 Å². The lowest BCUT2D eigenvalue weighted by atomic mass is 10.1. The number of nitrogens with one attached hydrogen (secondary N) is 1. The van der Waals surface area contributed by atoms with Crippen molar-refractivity contribution in [1.82, 2.24) is 9.88 Å². The fourth-order valence-corrected chi connectivity index (χ4v) is 4.12. The molecular weight excluding hydrogens is 264 g/mol. The molecule has 0 atom stereocenters. The molecule has 3 rings (SSSR count). The maximum absolute atomic E-state index is 11.6. The lowest BCUT2D eigenvalue weighted by Crippen LogP contribution is -2.28. The van der Waals surface area contributed by atoms with Crippen molar-refractivity contribution < 1.29 is 0 Å². The summed E-state index contributed by atoms with van der Waals surface area (Å²) in [6.45, 7) is 3.24. The Bertz CT molecular complexity index is 550. The first-order valence-corrected chi connectivity index (χ1v) is 8.01. The van der Waals surface area contributed by atoms with Gasteiger partial charge in [0.25, 0.3) is 0 Å². The van der Waals surface area contributed by atoms with Crippen LogP contribution in [0, 0.1) is 0 Å². The molecule has 0 amide bonds. The molecule has 96 valence electrons. The third-order valence-corrected chi connectivity index (χ3v) is 5.06. The van der Waals surface area contributed by atoms with Crippen LogP contribution in [0.15, 0.2) is 22.3 Å². The number of hydrogen-bond acceptors (Lipinski definition) is 4. The van der Waals surface area contributed by atoms with Gasteiger partial charge in [-0.2, -0.15) is 0 Å². The van der Waals surface area contributed by atoms with Crippen molar-refractivity contribution in [3.8, 4) is 10.6 Å². The molecule has 0 aliphatic carbocycles. The fourth-order valence-electron chi connectivity index (χ4n) is 2.41. The monoisotopic (exact) mass is 280 g/mol. The number of H-pyrrole nitrogens is 1. The molecule has 3 nitrogen and oxygen atoms in total. The van der Waals surface area contributed by atoms with Crippen molar-refractivity contribution in [1.29, 1.82) is 0 Å². The van der Waals surface area contributed by atoms with E-state index in [-0.39, 0.29) is 4.87 Å². The molecule has 0 aromatic carbocycles. The highest BCUT2D eigenvalue weighted by atomic mass is 32.1. The second-order valence-electron chi connectivity index (χ2n) is 4.63. The lowest BCUT2D eigenvalue weighted by molar-refractivity contribution is 0.223. The molecule has 2 aromatic rings. The maximum atomic E-state index is 11.6. The van der Waals surface area contributed by atoms with Gasteiger partial charge < -0.3 is 4.98 Å². The summed E-state index contributed by atoms with van der Waals surface area (Å²) in [5.74, 6) is 0. The Hall–Kier alpha value is -0.910. The van der Waals surface area contributed by atoms with E-state index in [1.165, 1.54) is 40.4 Å². The number of thiazole rings is 1. The summed E-state index contributed by atoms with van der Waals surface area (Å²) in [6, 6.07) is 4.10. The number of piperidine rings is 1. The molecule has 0 spiro atoms. The molecule has 0 radical (unpaired) electrons. The Balaban J connectivity index is 1.85. The van der Waals surface area contributed by atoms with E-state index >= 15 is 0 Å². The van der Waals surface area contributed by atoms with Crippen molar-refractivity contribution in [2.45, 2.75) is 25.8 Å². The molecule has 1 aliphatic rings. The third kappa shape index (κ3) is 2.58. The van der Waals surface area contributed by atoms with Gasteiger partial charge in [-0.15, -0.1) is 11.3 Å². The summed E-state index contributed by atoms with van der Waals surface area (Å²) in [6.07, 6.45) is 3.92. The Morgan fingerprint density at radius 2 is 2.11 bits per heavy atom. The minimum absolute atomic E-state index is 0.0606. The predicted molar refractivity (Wildman–Crippen MR) is 77.4 cm³/mol. The smallest absolute Gasteiger partial charge is 0.305 e. The molecule has 1 aliphatic heterocycles. The second-order valence-corrected chi connectivity index (χ2v) is 6.64. The van der Waals surface area contributed by atoms with Crippen molar-refractivity contribution >= 4 is 22.7 Å². The number of rotatable bonds is 3. The Morgan fingerprint density at radius 3 is 2.83 bits per heavy atom. The molecule has 1 N–H and O–H groups in total. The minimum atomic E-state index is 0.0606. The fraction of sp³-hybridized carbons (Fsp3) is 0.462. The zero-order chi connectivity index (χ0) is 12.4. The second kappa shape index (κ2) is 5.38. The third-order valence-electron chi connectivity index (χ3n) is 3.31. The van der Waals surface area contributed by atoms with E-state index in [2.05, 4.69) is 21.3 Å².